The highest BCUT2D eigenvalue weighted by atomic mass is 16.6. The maximum atomic E-state index is 6.15. The van der Waals surface area contributed by atoms with Gasteiger partial charge >= 0.3 is 0 Å². The highest BCUT2D eigenvalue weighted by Crippen LogP contribution is 2.36. The summed E-state index contributed by atoms with van der Waals surface area (Å²) in [6, 6.07) is 3.95. The van der Waals surface area contributed by atoms with E-state index in [9.17, 15) is 0 Å². The molecule has 1 fully saturated rings. The molecule has 0 saturated carbocycles. The predicted octanol–water partition coefficient (Wildman–Crippen LogP) is 2.66. The van der Waals surface area contributed by atoms with Crippen molar-refractivity contribution >= 4 is 5.69 Å². The monoisotopic (exact) mass is 276 g/mol. The standard InChI is InChI=1S/C16H24N2O2/c1-16(2)3-5-18(6-4-16)11-12-9-14-15(10-13(12)17)20-8-7-19-14/h9-10H,3-8,11,17H2,1-2H3. The molecule has 1 saturated heterocycles. The second kappa shape index (κ2) is 5.17. The molecule has 0 atom stereocenters. The molecule has 2 heterocycles. The average molecular weight is 276 g/mol. The van der Waals surface area contributed by atoms with Crippen LogP contribution < -0.4 is 15.2 Å². The zero-order valence-electron chi connectivity index (χ0n) is 12.4. The number of nitrogens with two attached hydrogens (primary N) is 1. The van der Waals surface area contributed by atoms with E-state index in [4.69, 9.17) is 15.2 Å². The summed E-state index contributed by atoms with van der Waals surface area (Å²) in [7, 11) is 0. The molecule has 0 radical (unpaired) electrons. The molecule has 1 aromatic rings. The third kappa shape index (κ3) is 2.85. The van der Waals surface area contributed by atoms with Crippen molar-refractivity contribution in [2.75, 3.05) is 32.0 Å². The van der Waals surface area contributed by atoms with Gasteiger partial charge in [-0.25, -0.2) is 0 Å². The van der Waals surface area contributed by atoms with E-state index < -0.39 is 0 Å². The van der Waals surface area contributed by atoms with E-state index in [1.165, 1.54) is 12.8 Å². The van der Waals surface area contributed by atoms with Gasteiger partial charge in [0.1, 0.15) is 13.2 Å². The second-order valence-corrected chi connectivity index (χ2v) is 6.64. The summed E-state index contributed by atoms with van der Waals surface area (Å²) >= 11 is 0. The summed E-state index contributed by atoms with van der Waals surface area (Å²) in [5, 5.41) is 0. The molecule has 4 heteroatoms. The van der Waals surface area contributed by atoms with Crippen molar-refractivity contribution in [1.82, 2.24) is 4.90 Å². The Balaban J connectivity index is 1.71. The molecule has 0 amide bonds. The van der Waals surface area contributed by atoms with E-state index in [-0.39, 0.29) is 0 Å². The van der Waals surface area contributed by atoms with Crippen molar-refractivity contribution in [2.24, 2.45) is 5.41 Å². The van der Waals surface area contributed by atoms with Gasteiger partial charge in [-0.15, -0.1) is 0 Å². The molecule has 0 bridgehead atoms. The SMILES string of the molecule is CC1(C)CCN(Cc2cc3c(cc2N)OCCO3)CC1. The molecule has 2 N–H and O–H groups in total. The van der Waals surface area contributed by atoms with Crippen LogP contribution in [-0.4, -0.2) is 31.2 Å². The van der Waals surface area contributed by atoms with Crippen molar-refractivity contribution in [3.05, 3.63) is 17.7 Å². The first-order valence-electron chi connectivity index (χ1n) is 7.44. The van der Waals surface area contributed by atoms with Crippen LogP contribution in [0, 0.1) is 5.41 Å². The van der Waals surface area contributed by atoms with E-state index in [0.717, 1.165) is 42.4 Å². The van der Waals surface area contributed by atoms with Crippen LogP contribution in [0.4, 0.5) is 5.69 Å². The third-order valence-electron chi connectivity index (χ3n) is 4.41. The Morgan fingerprint density at radius 1 is 1.10 bits per heavy atom. The molecule has 2 aliphatic heterocycles. The van der Waals surface area contributed by atoms with Crippen molar-refractivity contribution in [3.8, 4) is 11.5 Å². The topological polar surface area (TPSA) is 47.7 Å². The Hall–Kier alpha value is -1.42. The number of piperidine rings is 1. The fourth-order valence-electron chi connectivity index (χ4n) is 2.84. The summed E-state index contributed by atoms with van der Waals surface area (Å²) in [5.74, 6) is 1.61. The molecule has 0 aliphatic carbocycles. The Labute approximate surface area is 120 Å². The molecule has 1 aromatic carbocycles. The minimum Gasteiger partial charge on any atom is -0.486 e. The first-order valence-corrected chi connectivity index (χ1v) is 7.44. The van der Waals surface area contributed by atoms with E-state index in [2.05, 4.69) is 18.7 Å². The lowest BCUT2D eigenvalue weighted by Gasteiger charge is -2.37. The van der Waals surface area contributed by atoms with Crippen LogP contribution >= 0.6 is 0 Å². The number of nitrogen functional groups attached to an aromatic ring is 1. The number of fused-ring (bicyclic) bond motifs is 1. The lowest BCUT2D eigenvalue weighted by atomic mass is 9.82. The largest absolute Gasteiger partial charge is 0.486 e. The fraction of sp³-hybridized carbons (Fsp3) is 0.625. The molecule has 3 rings (SSSR count). The van der Waals surface area contributed by atoms with Crippen LogP contribution in [0.25, 0.3) is 0 Å². The van der Waals surface area contributed by atoms with Crippen LogP contribution in [0.5, 0.6) is 11.5 Å². The predicted molar refractivity (Wildman–Crippen MR) is 80.1 cm³/mol. The minimum atomic E-state index is 0.481. The molecule has 0 unspecified atom stereocenters. The molecule has 0 spiro atoms. The van der Waals surface area contributed by atoms with Gasteiger partial charge < -0.3 is 15.2 Å². The summed E-state index contributed by atoms with van der Waals surface area (Å²) in [6.45, 7) is 9.10. The Morgan fingerprint density at radius 3 is 2.35 bits per heavy atom. The number of hydrogen-bond donors (Lipinski definition) is 1. The van der Waals surface area contributed by atoms with Gasteiger partial charge in [0.15, 0.2) is 11.5 Å². The first-order chi connectivity index (χ1) is 9.53. The Kier molecular flexibility index (Phi) is 3.50. The van der Waals surface area contributed by atoms with Crippen molar-refractivity contribution in [1.29, 1.82) is 0 Å². The van der Waals surface area contributed by atoms with E-state index in [1.807, 2.05) is 12.1 Å². The molecular weight excluding hydrogens is 252 g/mol. The molecule has 20 heavy (non-hydrogen) atoms. The highest BCUT2D eigenvalue weighted by molar-refractivity contribution is 5.58. The van der Waals surface area contributed by atoms with Crippen LogP contribution in [0.2, 0.25) is 0 Å². The number of rotatable bonds is 2. The number of ether oxygens (including phenoxy) is 2. The van der Waals surface area contributed by atoms with Gasteiger partial charge in [0, 0.05) is 18.3 Å². The number of benzene rings is 1. The zero-order valence-corrected chi connectivity index (χ0v) is 12.4. The highest BCUT2D eigenvalue weighted by Gasteiger charge is 2.26. The summed E-state index contributed by atoms with van der Waals surface area (Å²) < 4.78 is 11.2. The molecular formula is C16H24N2O2. The first kappa shape index (κ1) is 13.6. The molecule has 2 aliphatic rings. The van der Waals surface area contributed by atoms with Gasteiger partial charge in [-0.2, -0.15) is 0 Å². The number of nitrogens with zero attached hydrogens (tertiary/aromatic N) is 1. The van der Waals surface area contributed by atoms with Gasteiger partial charge in [-0.05, 0) is 43.0 Å². The second-order valence-electron chi connectivity index (χ2n) is 6.64. The Morgan fingerprint density at radius 2 is 1.70 bits per heavy atom. The van der Waals surface area contributed by atoms with E-state index in [1.54, 1.807) is 0 Å². The summed E-state index contributed by atoms with van der Waals surface area (Å²) in [5.41, 5.74) is 8.59. The minimum absolute atomic E-state index is 0.481. The van der Waals surface area contributed by atoms with E-state index >= 15 is 0 Å². The van der Waals surface area contributed by atoms with E-state index in [0.29, 0.717) is 18.6 Å². The van der Waals surface area contributed by atoms with Crippen molar-refractivity contribution in [3.63, 3.8) is 0 Å². The quantitative estimate of drug-likeness (QED) is 0.844. The lowest BCUT2D eigenvalue weighted by molar-refractivity contribution is 0.127. The number of anilines is 1. The van der Waals surface area contributed by atoms with Gasteiger partial charge in [0.2, 0.25) is 0 Å². The smallest absolute Gasteiger partial charge is 0.163 e. The number of hydrogen-bond acceptors (Lipinski definition) is 4. The van der Waals surface area contributed by atoms with Crippen LogP contribution in [-0.2, 0) is 6.54 Å². The van der Waals surface area contributed by atoms with Gasteiger partial charge in [0.05, 0.1) is 0 Å². The Bertz CT molecular complexity index is 489. The van der Waals surface area contributed by atoms with Crippen molar-refractivity contribution < 1.29 is 9.47 Å². The summed E-state index contributed by atoms with van der Waals surface area (Å²) in [6.07, 6.45) is 2.49. The molecule has 110 valence electrons. The normalized spacial score (nSPS) is 21.7. The van der Waals surface area contributed by atoms with Crippen molar-refractivity contribution in [2.45, 2.75) is 33.2 Å². The van der Waals surface area contributed by atoms with Crippen LogP contribution in [0.3, 0.4) is 0 Å². The number of likely N-dealkylation sites (tertiary alicyclic amines) is 1. The van der Waals surface area contributed by atoms with Gasteiger partial charge in [-0.1, -0.05) is 13.8 Å². The van der Waals surface area contributed by atoms with Crippen LogP contribution in [0.15, 0.2) is 12.1 Å². The summed E-state index contributed by atoms with van der Waals surface area (Å²) in [4.78, 5) is 2.48. The average Bonchev–Trinajstić information content (AvgIpc) is 2.42. The molecule has 4 nitrogen and oxygen atoms in total. The van der Waals surface area contributed by atoms with Gasteiger partial charge in [0.25, 0.3) is 0 Å². The fourth-order valence-corrected chi connectivity index (χ4v) is 2.84. The molecule has 0 aromatic heterocycles. The van der Waals surface area contributed by atoms with Crippen LogP contribution in [0.1, 0.15) is 32.3 Å². The van der Waals surface area contributed by atoms with Gasteiger partial charge in [-0.3, -0.25) is 4.90 Å². The zero-order chi connectivity index (χ0) is 14.2. The maximum Gasteiger partial charge on any atom is 0.163 e. The third-order valence-corrected chi connectivity index (χ3v) is 4.41. The maximum absolute atomic E-state index is 6.15. The lowest BCUT2D eigenvalue weighted by Crippen LogP contribution is -2.36.